The molecule has 3 rings (SSSR count). The third-order valence-electron chi connectivity index (χ3n) is 3.76. The van der Waals surface area contributed by atoms with Gasteiger partial charge < -0.3 is 19.6 Å². The quantitative estimate of drug-likeness (QED) is 0.918. The van der Waals surface area contributed by atoms with Crippen molar-refractivity contribution < 1.29 is 9.32 Å². The Kier molecular flexibility index (Phi) is 4.14. The van der Waals surface area contributed by atoms with Crippen molar-refractivity contribution in [1.82, 2.24) is 20.0 Å². The van der Waals surface area contributed by atoms with E-state index in [0.29, 0.717) is 24.9 Å². The fourth-order valence-corrected chi connectivity index (χ4v) is 2.56. The van der Waals surface area contributed by atoms with E-state index in [-0.39, 0.29) is 5.91 Å². The molecule has 0 bridgehead atoms. The highest BCUT2D eigenvalue weighted by atomic mass is 16.5. The van der Waals surface area contributed by atoms with Crippen LogP contribution in [-0.2, 0) is 4.79 Å². The first-order chi connectivity index (χ1) is 11.0. The van der Waals surface area contributed by atoms with Crippen molar-refractivity contribution in [3.63, 3.8) is 0 Å². The van der Waals surface area contributed by atoms with Gasteiger partial charge in [-0.3, -0.25) is 4.79 Å². The van der Waals surface area contributed by atoms with Gasteiger partial charge in [-0.15, -0.1) is 0 Å². The van der Waals surface area contributed by atoms with E-state index in [0.717, 1.165) is 30.4 Å². The number of hydrogen-bond donors (Lipinski definition) is 1. The lowest BCUT2D eigenvalue weighted by Crippen LogP contribution is -2.48. The van der Waals surface area contributed by atoms with Crippen molar-refractivity contribution >= 4 is 23.5 Å². The number of nitrogens with one attached hydrogen (secondary N) is 1. The molecule has 3 heterocycles. The third-order valence-corrected chi connectivity index (χ3v) is 3.76. The highest BCUT2D eigenvalue weighted by molar-refractivity contribution is 5.73. The fourth-order valence-electron chi connectivity index (χ4n) is 2.56. The second-order valence-electron chi connectivity index (χ2n) is 5.63. The van der Waals surface area contributed by atoms with E-state index >= 15 is 0 Å². The number of nitrogens with zero attached hydrogens (tertiary/aromatic N) is 5. The van der Waals surface area contributed by atoms with Gasteiger partial charge in [0.25, 0.3) is 0 Å². The summed E-state index contributed by atoms with van der Waals surface area (Å²) in [5.41, 5.74) is 0.867. The molecule has 0 radical (unpaired) electrons. The zero-order valence-corrected chi connectivity index (χ0v) is 13.5. The largest absolute Gasteiger partial charge is 0.360 e. The van der Waals surface area contributed by atoms with E-state index in [1.54, 1.807) is 13.0 Å². The molecular weight excluding hydrogens is 296 g/mol. The molecule has 2 aromatic rings. The average Bonchev–Trinajstić information content (AvgIpc) is 2.92. The smallest absolute Gasteiger partial charge is 0.230 e. The van der Waals surface area contributed by atoms with Crippen LogP contribution in [0.2, 0.25) is 0 Å². The van der Waals surface area contributed by atoms with Crippen LogP contribution in [0.25, 0.3) is 0 Å². The minimum absolute atomic E-state index is 0.118. The lowest BCUT2D eigenvalue weighted by atomic mass is 10.3. The van der Waals surface area contributed by atoms with Crippen LogP contribution in [-0.4, -0.2) is 52.1 Å². The molecule has 0 spiro atoms. The molecule has 1 aliphatic heterocycles. The third kappa shape index (κ3) is 3.58. The summed E-state index contributed by atoms with van der Waals surface area (Å²) in [6.07, 6.45) is 0. The van der Waals surface area contributed by atoms with Gasteiger partial charge in [0.05, 0.1) is 0 Å². The highest BCUT2D eigenvalue weighted by Crippen LogP contribution is 2.19. The van der Waals surface area contributed by atoms with Crippen molar-refractivity contribution in [2.45, 2.75) is 20.8 Å². The minimum Gasteiger partial charge on any atom is -0.360 e. The lowest BCUT2D eigenvalue weighted by molar-refractivity contribution is -0.129. The van der Waals surface area contributed by atoms with Crippen molar-refractivity contribution in [2.24, 2.45) is 0 Å². The van der Waals surface area contributed by atoms with Gasteiger partial charge in [-0.2, -0.15) is 4.98 Å². The van der Waals surface area contributed by atoms with Crippen LogP contribution < -0.4 is 10.2 Å². The van der Waals surface area contributed by atoms with Gasteiger partial charge in [0, 0.05) is 50.9 Å². The van der Waals surface area contributed by atoms with Crippen molar-refractivity contribution in [3.05, 3.63) is 23.6 Å². The Labute approximate surface area is 134 Å². The van der Waals surface area contributed by atoms with Gasteiger partial charge in [-0.05, 0) is 13.8 Å². The first kappa shape index (κ1) is 15.3. The van der Waals surface area contributed by atoms with Crippen LogP contribution in [0.1, 0.15) is 18.4 Å². The number of hydrogen-bond acceptors (Lipinski definition) is 7. The Bertz CT molecular complexity index is 706. The molecular formula is C15H20N6O2. The number of carbonyl (C=O) groups is 1. The van der Waals surface area contributed by atoms with E-state index in [2.05, 4.69) is 25.3 Å². The minimum atomic E-state index is 0.118. The molecule has 0 aromatic carbocycles. The SMILES string of the molecule is CC(=O)N1CCN(c2cc(C)nc(Nc3cc(C)on3)n2)CC1. The molecule has 0 unspecified atom stereocenters. The maximum atomic E-state index is 11.4. The maximum absolute atomic E-state index is 11.4. The second-order valence-corrected chi connectivity index (χ2v) is 5.63. The summed E-state index contributed by atoms with van der Waals surface area (Å²) in [5, 5.41) is 6.94. The molecule has 8 nitrogen and oxygen atoms in total. The number of anilines is 3. The summed E-state index contributed by atoms with van der Waals surface area (Å²) < 4.78 is 5.03. The number of piperazine rings is 1. The fraction of sp³-hybridized carbons (Fsp3) is 0.467. The molecule has 0 aliphatic carbocycles. The van der Waals surface area contributed by atoms with Crippen LogP contribution in [0.4, 0.5) is 17.6 Å². The Morgan fingerprint density at radius 2 is 1.91 bits per heavy atom. The molecule has 1 amide bonds. The van der Waals surface area contributed by atoms with Crippen molar-refractivity contribution in [1.29, 1.82) is 0 Å². The topological polar surface area (TPSA) is 87.4 Å². The van der Waals surface area contributed by atoms with Gasteiger partial charge in [0.1, 0.15) is 11.6 Å². The predicted molar refractivity (Wildman–Crippen MR) is 85.8 cm³/mol. The van der Waals surface area contributed by atoms with E-state index in [1.165, 1.54) is 0 Å². The molecule has 0 atom stereocenters. The van der Waals surface area contributed by atoms with Crippen molar-refractivity contribution in [3.8, 4) is 0 Å². The standard InChI is InChI=1S/C15H20N6O2/c1-10-8-14(21-6-4-20(5-7-21)12(3)22)18-15(16-10)17-13-9-11(2)23-19-13/h8-9H,4-7H2,1-3H3,(H,16,17,18,19). The molecule has 23 heavy (non-hydrogen) atoms. The number of carbonyl (C=O) groups excluding carboxylic acids is 1. The second kappa shape index (κ2) is 6.23. The van der Waals surface area contributed by atoms with E-state index in [4.69, 9.17) is 4.52 Å². The van der Waals surface area contributed by atoms with Gasteiger partial charge in [-0.25, -0.2) is 4.98 Å². The molecule has 1 fully saturated rings. The molecule has 1 aliphatic rings. The lowest BCUT2D eigenvalue weighted by Gasteiger charge is -2.35. The molecule has 2 aromatic heterocycles. The predicted octanol–water partition coefficient (Wildman–Crippen LogP) is 1.49. The summed E-state index contributed by atoms with van der Waals surface area (Å²) in [6.45, 7) is 8.31. The first-order valence-corrected chi connectivity index (χ1v) is 7.58. The van der Waals surface area contributed by atoms with Crippen molar-refractivity contribution in [2.75, 3.05) is 36.4 Å². The van der Waals surface area contributed by atoms with Gasteiger partial charge in [0.2, 0.25) is 11.9 Å². The zero-order valence-electron chi connectivity index (χ0n) is 13.5. The Morgan fingerprint density at radius 3 is 2.52 bits per heavy atom. The Balaban J connectivity index is 1.74. The molecule has 0 saturated carbocycles. The number of aromatic nitrogens is 3. The molecule has 8 heteroatoms. The summed E-state index contributed by atoms with van der Waals surface area (Å²) >= 11 is 0. The molecule has 1 N–H and O–H groups in total. The first-order valence-electron chi connectivity index (χ1n) is 7.58. The van der Waals surface area contributed by atoms with Crippen LogP contribution in [0, 0.1) is 13.8 Å². The summed E-state index contributed by atoms with van der Waals surface area (Å²) in [4.78, 5) is 24.4. The van der Waals surface area contributed by atoms with Gasteiger partial charge in [-0.1, -0.05) is 5.16 Å². The van der Waals surface area contributed by atoms with E-state index in [9.17, 15) is 4.79 Å². The average molecular weight is 316 g/mol. The van der Waals surface area contributed by atoms with Gasteiger partial charge in [0.15, 0.2) is 5.82 Å². The summed E-state index contributed by atoms with van der Waals surface area (Å²) in [7, 11) is 0. The van der Waals surface area contributed by atoms with Crippen LogP contribution in [0.3, 0.4) is 0 Å². The number of amides is 1. The van der Waals surface area contributed by atoms with Crippen LogP contribution >= 0.6 is 0 Å². The Hall–Kier alpha value is -2.64. The summed E-state index contributed by atoms with van der Waals surface area (Å²) in [6, 6.07) is 3.74. The van der Waals surface area contributed by atoms with Gasteiger partial charge >= 0.3 is 0 Å². The van der Waals surface area contributed by atoms with Crippen LogP contribution in [0.15, 0.2) is 16.7 Å². The number of aryl methyl sites for hydroxylation is 2. The zero-order chi connectivity index (χ0) is 16.4. The highest BCUT2D eigenvalue weighted by Gasteiger charge is 2.20. The normalized spacial score (nSPS) is 14.9. The molecule has 1 saturated heterocycles. The maximum Gasteiger partial charge on any atom is 0.230 e. The monoisotopic (exact) mass is 316 g/mol. The van der Waals surface area contributed by atoms with E-state index in [1.807, 2.05) is 24.8 Å². The number of rotatable bonds is 3. The van der Waals surface area contributed by atoms with E-state index < -0.39 is 0 Å². The van der Waals surface area contributed by atoms with Crippen LogP contribution in [0.5, 0.6) is 0 Å². The Morgan fingerprint density at radius 1 is 1.17 bits per heavy atom. The summed E-state index contributed by atoms with van der Waals surface area (Å²) in [5.74, 6) is 2.76. The molecule has 122 valence electrons.